The van der Waals surface area contributed by atoms with E-state index in [1.165, 1.54) is 10.9 Å². The number of nitrogens with zero attached hydrogens (tertiary/aromatic N) is 2. The van der Waals surface area contributed by atoms with Gasteiger partial charge in [-0.3, -0.25) is 10.1 Å². The second kappa shape index (κ2) is 4.77. The van der Waals surface area contributed by atoms with E-state index in [-0.39, 0.29) is 5.75 Å². The SMILES string of the molecule is Cn1cc(SCC(C(=N)N)C(F)(F)F)cn1. The molecule has 0 aromatic carbocycles. The number of aromatic nitrogens is 2. The summed E-state index contributed by atoms with van der Waals surface area (Å²) in [6.45, 7) is 0. The van der Waals surface area contributed by atoms with E-state index >= 15 is 0 Å². The van der Waals surface area contributed by atoms with Crippen LogP contribution in [0.1, 0.15) is 0 Å². The van der Waals surface area contributed by atoms with Gasteiger partial charge in [0.05, 0.1) is 6.20 Å². The third-order valence-corrected chi connectivity index (χ3v) is 2.91. The Balaban J connectivity index is 2.61. The summed E-state index contributed by atoms with van der Waals surface area (Å²) in [5.74, 6) is -3.06. The molecule has 0 aliphatic carbocycles. The monoisotopic (exact) mass is 252 g/mol. The van der Waals surface area contributed by atoms with Crippen molar-refractivity contribution in [2.75, 3.05) is 5.75 Å². The minimum absolute atomic E-state index is 0.301. The molecule has 1 atom stereocenters. The van der Waals surface area contributed by atoms with Crippen molar-refractivity contribution in [2.24, 2.45) is 18.7 Å². The molecule has 8 heteroatoms. The highest BCUT2D eigenvalue weighted by molar-refractivity contribution is 7.99. The smallest absolute Gasteiger partial charge is 0.387 e. The number of halogens is 3. The van der Waals surface area contributed by atoms with E-state index in [4.69, 9.17) is 11.1 Å². The summed E-state index contributed by atoms with van der Waals surface area (Å²) in [5, 5.41) is 10.7. The van der Waals surface area contributed by atoms with Gasteiger partial charge in [0.1, 0.15) is 11.8 Å². The minimum atomic E-state index is -4.47. The van der Waals surface area contributed by atoms with Gasteiger partial charge in [0, 0.05) is 23.9 Å². The molecule has 90 valence electrons. The predicted molar refractivity (Wildman–Crippen MR) is 55.4 cm³/mol. The summed E-state index contributed by atoms with van der Waals surface area (Å²) in [6.07, 6.45) is -1.39. The molecule has 16 heavy (non-hydrogen) atoms. The lowest BCUT2D eigenvalue weighted by atomic mass is 10.1. The standard InChI is InChI=1S/C8H11F3N4S/c1-15-3-5(2-14-15)16-4-6(7(12)13)8(9,10)11/h2-3,6H,4H2,1H3,(H3,12,13). The van der Waals surface area contributed by atoms with Gasteiger partial charge in [0.15, 0.2) is 0 Å². The third kappa shape index (κ3) is 3.44. The van der Waals surface area contributed by atoms with Gasteiger partial charge in [-0.15, -0.1) is 11.8 Å². The van der Waals surface area contributed by atoms with Gasteiger partial charge in [-0.2, -0.15) is 18.3 Å². The van der Waals surface area contributed by atoms with Gasteiger partial charge in [0.25, 0.3) is 0 Å². The molecule has 0 aliphatic rings. The van der Waals surface area contributed by atoms with Crippen LogP contribution in [0.3, 0.4) is 0 Å². The average molecular weight is 252 g/mol. The number of nitrogens with two attached hydrogens (primary N) is 1. The van der Waals surface area contributed by atoms with Crippen molar-refractivity contribution in [2.45, 2.75) is 11.1 Å². The molecule has 0 saturated carbocycles. The number of hydrogen-bond acceptors (Lipinski definition) is 3. The van der Waals surface area contributed by atoms with Crippen molar-refractivity contribution >= 4 is 17.6 Å². The van der Waals surface area contributed by atoms with Crippen molar-refractivity contribution in [1.82, 2.24) is 9.78 Å². The van der Waals surface area contributed by atoms with E-state index in [1.807, 2.05) is 0 Å². The second-order valence-electron chi connectivity index (χ2n) is 3.21. The molecular weight excluding hydrogens is 241 g/mol. The Morgan fingerprint density at radius 1 is 1.69 bits per heavy atom. The van der Waals surface area contributed by atoms with Crippen LogP contribution in [0.15, 0.2) is 17.3 Å². The van der Waals surface area contributed by atoms with Gasteiger partial charge in [-0.05, 0) is 0 Å². The van der Waals surface area contributed by atoms with Crippen molar-refractivity contribution in [3.05, 3.63) is 12.4 Å². The highest BCUT2D eigenvalue weighted by Crippen LogP contribution is 2.31. The summed E-state index contributed by atoms with van der Waals surface area (Å²) in [5.41, 5.74) is 4.92. The van der Waals surface area contributed by atoms with Gasteiger partial charge >= 0.3 is 6.18 Å². The van der Waals surface area contributed by atoms with Crippen LogP contribution < -0.4 is 5.73 Å². The number of aryl methyl sites for hydroxylation is 1. The third-order valence-electron chi connectivity index (χ3n) is 1.87. The van der Waals surface area contributed by atoms with Gasteiger partial charge < -0.3 is 5.73 Å². The molecule has 1 aromatic rings. The molecule has 0 aliphatic heterocycles. The predicted octanol–water partition coefficient (Wildman–Crippen LogP) is 1.63. The summed E-state index contributed by atoms with van der Waals surface area (Å²) < 4.78 is 38.8. The maximum absolute atomic E-state index is 12.4. The number of alkyl halides is 3. The van der Waals surface area contributed by atoms with Crippen LogP contribution in [0.2, 0.25) is 0 Å². The lowest BCUT2D eigenvalue weighted by molar-refractivity contribution is -0.149. The molecule has 1 unspecified atom stereocenters. The fraction of sp³-hybridized carbons (Fsp3) is 0.500. The fourth-order valence-corrected chi connectivity index (χ4v) is 2.09. The lowest BCUT2D eigenvalue weighted by Crippen LogP contribution is -2.36. The fourth-order valence-electron chi connectivity index (χ4n) is 1.01. The lowest BCUT2D eigenvalue weighted by Gasteiger charge is -2.17. The number of nitrogens with one attached hydrogen (secondary N) is 1. The zero-order valence-corrected chi connectivity index (χ0v) is 9.27. The van der Waals surface area contributed by atoms with Gasteiger partial charge in [-0.25, -0.2) is 0 Å². The number of thioether (sulfide) groups is 1. The highest BCUT2D eigenvalue weighted by Gasteiger charge is 2.41. The van der Waals surface area contributed by atoms with Gasteiger partial charge in [-0.1, -0.05) is 0 Å². The first-order valence-corrected chi connectivity index (χ1v) is 5.31. The molecular formula is C8H11F3N4S. The Bertz CT molecular complexity index is 374. The van der Waals surface area contributed by atoms with Crippen LogP contribution in [0.25, 0.3) is 0 Å². The topological polar surface area (TPSA) is 67.7 Å². The normalized spacial score (nSPS) is 13.8. The van der Waals surface area contributed by atoms with Crippen LogP contribution in [-0.2, 0) is 7.05 Å². The van der Waals surface area contributed by atoms with Crippen molar-refractivity contribution in [1.29, 1.82) is 5.41 Å². The minimum Gasteiger partial charge on any atom is -0.387 e. The van der Waals surface area contributed by atoms with Crippen LogP contribution in [0.4, 0.5) is 13.2 Å². The molecule has 3 N–H and O–H groups in total. The molecule has 0 fully saturated rings. The molecule has 0 radical (unpaired) electrons. The molecule has 1 rings (SSSR count). The molecule has 0 spiro atoms. The van der Waals surface area contributed by atoms with E-state index in [2.05, 4.69) is 5.10 Å². The van der Waals surface area contributed by atoms with Crippen molar-refractivity contribution in [3.8, 4) is 0 Å². The first-order chi connectivity index (χ1) is 7.30. The second-order valence-corrected chi connectivity index (χ2v) is 4.30. The van der Waals surface area contributed by atoms with E-state index < -0.39 is 17.9 Å². The summed E-state index contributed by atoms with van der Waals surface area (Å²) in [7, 11) is 1.68. The van der Waals surface area contributed by atoms with E-state index in [1.54, 1.807) is 13.2 Å². The Morgan fingerprint density at radius 3 is 2.69 bits per heavy atom. The Labute approximate surface area is 94.5 Å². The molecule has 0 saturated heterocycles. The van der Waals surface area contributed by atoms with Crippen molar-refractivity contribution in [3.63, 3.8) is 0 Å². The van der Waals surface area contributed by atoms with Crippen LogP contribution in [0, 0.1) is 11.3 Å². The first-order valence-electron chi connectivity index (χ1n) is 4.32. The first kappa shape index (κ1) is 12.9. The Kier molecular flexibility index (Phi) is 3.84. The molecule has 4 nitrogen and oxygen atoms in total. The van der Waals surface area contributed by atoms with E-state index in [9.17, 15) is 13.2 Å². The molecule has 1 heterocycles. The van der Waals surface area contributed by atoms with Crippen molar-refractivity contribution < 1.29 is 13.2 Å². The Morgan fingerprint density at radius 2 is 2.31 bits per heavy atom. The quantitative estimate of drug-likeness (QED) is 0.486. The summed E-state index contributed by atoms with van der Waals surface area (Å²) >= 11 is 0.980. The zero-order valence-electron chi connectivity index (χ0n) is 8.45. The van der Waals surface area contributed by atoms with E-state index in [0.29, 0.717) is 4.90 Å². The average Bonchev–Trinajstić information content (AvgIpc) is 2.48. The maximum Gasteiger partial charge on any atom is 0.399 e. The van der Waals surface area contributed by atoms with Crippen LogP contribution in [0.5, 0.6) is 0 Å². The highest BCUT2D eigenvalue weighted by atomic mass is 32.2. The number of hydrogen-bond donors (Lipinski definition) is 2. The van der Waals surface area contributed by atoms with Crippen LogP contribution >= 0.6 is 11.8 Å². The van der Waals surface area contributed by atoms with Gasteiger partial charge in [0.2, 0.25) is 0 Å². The maximum atomic E-state index is 12.4. The molecule has 0 amide bonds. The number of amidine groups is 1. The van der Waals surface area contributed by atoms with Crippen LogP contribution in [-0.4, -0.2) is 27.5 Å². The summed E-state index contributed by atoms with van der Waals surface area (Å²) in [4.78, 5) is 0.623. The Hall–Kier alpha value is -1.18. The molecule has 0 bridgehead atoms. The number of rotatable bonds is 4. The largest absolute Gasteiger partial charge is 0.399 e. The summed E-state index contributed by atoms with van der Waals surface area (Å²) in [6, 6.07) is 0. The zero-order chi connectivity index (χ0) is 12.3. The molecule has 1 aromatic heterocycles. The van der Waals surface area contributed by atoms with E-state index in [0.717, 1.165) is 11.8 Å².